The van der Waals surface area contributed by atoms with Crippen LogP contribution >= 0.6 is 15.9 Å². The Hall–Kier alpha value is -1.41. The smallest absolute Gasteiger partial charge is 0.297 e. The van der Waals surface area contributed by atoms with Gasteiger partial charge < -0.3 is 10.2 Å². The molecule has 0 amide bonds. The maximum Gasteiger partial charge on any atom is 0.297 e. The highest BCUT2D eigenvalue weighted by atomic mass is 79.9. The minimum absolute atomic E-state index is 0.0737. The van der Waals surface area contributed by atoms with Gasteiger partial charge in [-0.3, -0.25) is 9.89 Å². The number of aromatic nitrogens is 4. The summed E-state index contributed by atoms with van der Waals surface area (Å²) in [6, 6.07) is 0.322. The zero-order valence-electron chi connectivity index (χ0n) is 12.2. The molecule has 1 unspecified atom stereocenters. The highest BCUT2D eigenvalue weighted by Crippen LogP contribution is 2.21. The summed E-state index contributed by atoms with van der Waals surface area (Å²) in [4.78, 5) is 23.8. The molecule has 3 heterocycles. The summed E-state index contributed by atoms with van der Waals surface area (Å²) in [5.74, 6) is 0.413. The fourth-order valence-electron chi connectivity index (χ4n) is 2.88. The van der Waals surface area contributed by atoms with Crippen molar-refractivity contribution in [3.05, 3.63) is 20.8 Å². The number of aryl methyl sites for hydroxylation is 1. The van der Waals surface area contributed by atoms with Crippen LogP contribution in [-0.4, -0.2) is 45.3 Å². The van der Waals surface area contributed by atoms with E-state index in [2.05, 4.69) is 48.1 Å². The van der Waals surface area contributed by atoms with Crippen LogP contribution in [0.3, 0.4) is 0 Å². The second-order valence-electron chi connectivity index (χ2n) is 5.18. The Labute approximate surface area is 130 Å². The minimum atomic E-state index is -0.0737. The van der Waals surface area contributed by atoms with E-state index in [0.29, 0.717) is 28.7 Å². The first-order chi connectivity index (χ1) is 10.2. The van der Waals surface area contributed by atoms with Gasteiger partial charge in [-0.2, -0.15) is 9.50 Å². The Morgan fingerprint density at radius 1 is 1.38 bits per heavy atom. The van der Waals surface area contributed by atoms with Crippen LogP contribution in [0.1, 0.15) is 26.0 Å². The summed E-state index contributed by atoms with van der Waals surface area (Å²) in [5.41, 5.74) is 1.45. The highest BCUT2D eigenvalue weighted by Gasteiger charge is 2.27. The van der Waals surface area contributed by atoms with E-state index in [1.807, 2.05) is 6.92 Å². The predicted octanol–water partition coefficient (Wildman–Crippen LogP) is 0.931. The Morgan fingerprint density at radius 3 is 2.90 bits per heavy atom. The molecule has 0 saturated carbocycles. The van der Waals surface area contributed by atoms with E-state index in [-0.39, 0.29) is 5.56 Å². The number of rotatable bonds is 3. The third-order valence-electron chi connectivity index (χ3n) is 3.96. The van der Waals surface area contributed by atoms with E-state index >= 15 is 0 Å². The van der Waals surface area contributed by atoms with Crippen molar-refractivity contribution in [1.29, 1.82) is 0 Å². The fraction of sp³-hybridized carbons (Fsp3) is 0.615. The fourth-order valence-corrected chi connectivity index (χ4v) is 3.22. The molecule has 2 aromatic heterocycles. The molecule has 1 saturated heterocycles. The molecule has 0 aliphatic carbocycles. The van der Waals surface area contributed by atoms with Crippen LogP contribution in [0, 0.1) is 0 Å². The van der Waals surface area contributed by atoms with Gasteiger partial charge >= 0.3 is 0 Å². The zero-order chi connectivity index (χ0) is 15.0. The molecule has 8 heteroatoms. The van der Waals surface area contributed by atoms with Crippen molar-refractivity contribution in [1.82, 2.24) is 24.9 Å². The van der Waals surface area contributed by atoms with E-state index in [1.54, 1.807) is 0 Å². The van der Waals surface area contributed by atoms with Crippen LogP contribution < -0.4 is 15.8 Å². The largest absolute Gasteiger partial charge is 0.360 e. The second-order valence-corrected chi connectivity index (χ2v) is 5.93. The van der Waals surface area contributed by atoms with Gasteiger partial charge in [0.15, 0.2) is 4.73 Å². The third-order valence-corrected chi connectivity index (χ3v) is 4.31. The number of fused-ring (bicyclic) bond motifs is 1. The molecule has 1 fully saturated rings. The first-order valence-corrected chi connectivity index (χ1v) is 8.09. The molecule has 2 N–H and O–H groups in total. The third kappa shape index (κ3) is 2.46. The van der Waals surface area contributed by atoms with Crippen LogP contribution in [0.15, 0.2) is 9.53 Å². The Bertz CT molecular complexity index is 708. The maximum atomic E-state index is 12.9. The van der Waals surface area contributed by atoms with Gasteiger partial charge in [-0.1, -0.05) is 13.8 Å². The van der Waals surface area contributed by atoms with Gasteiger partial charge in [0.25, 0.3) is 11.3 Å². The number of halogens is 1. The standard InChI is InChI=1S/C13H19BrN6O/c1-3-8-7-15-5-6-19(8)10-9(4-2)16-13-17-12(14)18-20(13)11(10)21/h8,15H,3-7H2,1-2H3,(H,16,17,18). The molecular weight excluding hydrogens is 336 g/mol. The lowest BCUT2D eigenvalue weighted by molar-refractivity contribution is 0.463. The molecule has 0 spiro atoms. The van der Waals surface area contributed by atoms with Gasteiger partial charge in [0.05, 0.1) is 5.69 Å². The van der Waals surface area contributed by atoms with Gasteiger partial charge in [0.1, 0.15) is 5.69 Å². The SMILES string of the molecule is CCc1nc2nc(Br)[nH]n2c(=O)c1N1CCNCC1CC. The summed E-state index contributed by atoms with van der Waals surface area (Å²) in [7, 11) is 0. The van der Waals surface area contributed by atoms with Crippen molar-refractivity contribution in [3.63, 3.8) is 0 Å². The molecule has 2 aromatic rings. The summed E-state index contributed by atoms with van der Waals surface area (Å²) in [5, 5.41) is 6.28. The molecule has 0 bridgehead atoms. The lowest BCUT2D eigenvalue weighted by Gasteiger charge is -2.37. The lowest BCUT2D eigenvalue weighted by atomic mass is 10.1. The molecule has 114 valence electrons. The Kier molecular flexibility index (Phi) is 3.99. The predicted molar refractivity (Wildman–Crippen MR) is 85.0 cm³/mol. The number of aromatic amines is 1. The number of H-pyrrole nitrogens is 1. The summed E-state index contributed by atoms with van der Waals surface area (Å²) < 4.78 is 1.92. The monoisotopic (exact) mass is 354 g/mol. The molecule has 7 nitrogen and oxygen atoms in total. The van der Waals surface area contributed by atoms with Gasteiger partial charge in [-0.25, -0.2) is 4.98 Å². The van der Waals surface area contributed by atoms with Crippen LogP contribution in [0.25, 0.3) is 5.78 Å². The normalized spacial score (nSPS) is 19.4. The van der Waals surface area contributed by atoms with E-state index in [1.165, 1.54) is 4.52 Å². The molecular formula is C13H19BrN6O. The number of nitrogens with one attached hydrogen (secondary N) is 2. The lowest BCUT2D eigenvalue weighted by Crippen LogP contribution is -2.53. The van der Waals surface area contributed by atoms with E-state index < -0.39 is 0 Å². The zero-order valence-corrected chi connectivity index (χ0v) is 13.8. The Balaban J connectivity index is 2.19. The van der Waals surface area contributed by atoms with Crippen LogP contribution in [0.5, 0.6) is 0 Å². The van der Waals surface area contributed by atoms with Crippen molar-refractivity contribution in [2.45, 2.75) is 32.7 Å². The second kappa shape index (κ2) is 5.76. The molecule has 1 aliphatic rings. The number of hydrogen-bond acceptors (Lipinski definition) is 5. The van der Waals surface area contributed by atoms with Gasteiger partial charge in [-0.05, 0) is 28.8 Å². The van der Waals surface area contributed by atoms with E-state index in [9.17, 15) is 4.79 Å². The number of nitrogens with zero attached hydrogens (tertiary/aromatic N) is 4. The number of anilines is 1. The van der Waals surface area contributed by atoms with Gasteiger partial charge in [0, 0.05) is 25.7 Å². The molecule has 1 aliphatic heterocycles. The number of piperazine rings is 1. The van der Waals surface area contributed by atoms with Crippen molar-refractivity contribution >= 4 is 27.4 Å². The molecule has 0 aromatic carbocycles. The van der Waals surface area contributed by atoms with Gasteiger partial charge in [0.2, 0.25) is 0 Å². The highest BCUT2D eigenvalue weighted by molar-refractivity contribution is 9.10. The van der Waals surface area contributed by atoms with Crippen molar-refractivity contribution in [3.8, 4) is 0 Å². The minimum Gasteiger partial charge on any atom is -0.360 e. The van der Waals surface area contributed by atoms with Gasteiger partial charge in [-0.15, -0.1) is 0 Å². The van der Waals surface area contributed by atoms with Crippen LogP contribution in [-0.2, 0) is 6.42 Å². The molecule has 3 rings (SSSR count). The quantitative estimate of drug-likeness (QED) is 0.857. The average molecular weight is 355 g/mol. The average Bonchev–Trinajstić information content (AvgIpc) is 2.88. The maximum absolute atomic E-state index is 12.9. The molecule has 21 heavy (non-hydrogen) atoms. The number of hydrogen-bond donors (Lipinski definition) is 2. The van der Waals surface area contributed by atoms with Crippen molar-refractivity contribution in [2.75, 3.05) is 24.5 Å². The van der Waals surface area contributed by atoms with E-state index in [4.69, 9.17) is 0 Å². The van der Waals surface area contributed by atoms with Crippen LogP contribution in [0.4, 0.5) is 5.69 Å². The Morgan fingerprint density at radius 2 is 2.19 bits per heavy atom. The van der Waals surface area contributed by atoms with Crippen LogP contribution in [0.2, 0.25) is 0 Å². The summed E-state index contributed by atoms with van der Waals surface area (Å²) >= 11 is 3.26. The first-order valence-electron chi connectivity index (χ1n) is 7.30. The molecule has 0 radical (unpaired) electrons. The summed E-state index contributed by atoms with van der Waals surface area (Å²) in [6.45, 7) is 6.77. The topological polar surface area (TPSA) is 78.3 Å². The summed E-state index contributed by atoms with van der Waals surface area (Å²) in [6.07, 6.45) is 1.71. The van der Waals surface area contributed by atoms with Crippen molar-refractivity contribution in [2.24, 2.45) is 0 Å². The first kappa shape index (κ1) is 14.5. The van der Waals surface area contributed by atoms with Crippen molar-refractivity contribution < 1.29 is 0 Å². The molecule has 1 atom stereocenters. The van der Waals surface area contributed by atoms with E-state index in [0.717, 1.165) is 31.7 Å².